The third-order valence-corrected chi connectivity index (χ3v) is 3.81. The fourth-order valence-electron chi connectivity index (χ4n) is 0.783. The maximum atomic E-state index is 10.6. The minimum atomic E-state index is -0.680. The van der Waals surface area contributed by atoms with Gasteiger partial charge in [-0.3, -0.25) is 10.1 Å². The third-order valence-electron chi connectivity index (χ3n) is 1.48. The van der Waals surface area contributed by atoms with Crippen LogP contribution in [0.15, 0.2) is 23.4 Å². The summed E-state index contributed by atoms with van der Waals surface area (Å²) < 4.78 is 0. The third kappa shape index (κ3) is 6.79. The first-order valence-corrected chi connectivity index (χ1v) is 6.49. The van der Waals surface area contributed by atoms with E-state index in [4.69, 9.17) is 5.73 Å². The molecule has 1 atom stereocenters. The van der Waals surface area contributed by atoms with Crippen molar-refractivity contribution in [3.63, 3.8) is 0 Å². The Kier molecular flexibility index (Phi) is 12.3. The largest absolute Gasteiger partial charge is 0.540 e. The second-order valence-electron chi connectivity index (χ2n) is 2.68. The molecule has 6 nitrogen and oxygen atoms in total. The van der Waals surface area contributed by atoms with E-state index in [-0.39, 0.29) is 45.8 Å². The van der Waals surface area contributed by atoms with Crippen LogP contribution in [-0.4, -0.2) is 28.0 Å². The van der Waals surface area contributed by atoms with Crippen LogP contribution in [0.3, 0.4) is 0 Å². The van der Waals surface area contributed by atoms with E-state index in [1.54, 1.807) is 6.29 Å². The van der Waals surface area contributed by atoms with Crippen molar-refractivity contribution in [3.05, 3.63) is 35.9 Å². The topological polar surface area (TPSA) is 99.1 Å². The average molecular weight is 362 g/mol. The molecule has 1 unspecified atom stereocenters. The van der Waals surface area contributed by atoms with Crippen molar-refractivity contribution in [2.75, 3.05) is 5.75 Å². The first-order valence-electron chi connectivity index (χ1n) is 4.17. The Morgan fingerprint density at radius 1 is 1.61 bits per heavy atom. The fourth-order valence-corrected chi connectivity index (χ4v) is 2.87. The molecule has 0 aliphatic heterocycles. The van der Waals surface area contributed by atoms with Crippen molar-refractivity contribution in [1.29, 1.82) is 0 Å². The van der Waals surface area contributed by atoms with Gasteiger partial charge in [-0.2, -0.15) is 0 Å². The summed E-state index contributed by atoms with van der Waals surface area (Å²) in [6.07, 6.45) is 3.10. The molecule has 0 aliphatic rings. The van der Waals surface area contributed by atoms with Gasteiger partial charge in [0.2, 0.25) is 0 Å². The molecule has 1 heterocycles. The molecule has 97 valence electrons. The van der Waals surface area contributed by atoms with Gasteiger partial charge in [0.05, 0.1) is 4.92 Å². The number of nitro groups is 1. The molecule has 1 radical (unpaired) electrons. The predicted octanol–water partition coefficient (Wildman–Crippen LogP) is 1.61. The summed E-state index contributed by atoms with van der Waals surface area (Å²) >= 11 is 0. The van der Waals surface area contributed by atoms with Gasteiger partial charge in [0, 0.05) is 45.0 Å². The van der Waals surface area contributed by atoms with Gasteiger partial charge in [-0.25, -0.2) is 11.3 Å². The minimum Gasteiger partial charge on any atom is -0.540 e. The minimum absolute atomic E-state index is 0. The summed E-state index contributed by atoms with van der Waals surface area (Å²) in [5.41, 5.74) is 5.27. The molecule has 0 bridgehead atoms. The van der Waals surface area contributed by atoms with Gasteiger partial charge in [0.25, 0.3) is 0 Å². The summed E-state index contributed by atoms with van der Waals surface area (Å²) in [5.74, 6) is 0.335. The molecule has 0 fully saturated rings. The standard InChI is InChI=1S/C8H8N3O3S2.CH3.Y/c9-6(4-12)5-15-16-8-7(11(13)14)2-1-3-10-8;;/h1-3,6H,5,9H2;1H3;/q2*-1;. The zero-order valence-corrected chi connectivity index (χ0v) is 14.1. The smallest absolute Gasteiger partial charge is 0.302 e. The summed E-state index contributed by atoms with van der Waals surface area (Å²) in [6.45, 7) is 0. The summed E-state index contributed by atoms with van der Waals surface area (Å²) in [7, 11) is 2.36. The molecule has 0 amide bonds. The number of pyridine rings is 1. The van der Waals surface area contributed by atoms with Crippen LogP contribution < -0.4 is 5.73 Å². The number of aromatic nitrogens is 1. The van der Waals surface area contributed by atoms with Crippen LogP contribution in [0.1, 0.15) is 0 Å². The van der Waals surface area contributed by atoms with Crippen LogP contribution in [0.25, 0.3) is 0 Å². The first-order chi connectivity index (χ1) is 7.65. The molecule has 0 saturated heterocycles. The Bertz CT molecular complexity index is 395. The maximum absolute atomic E-state index is 10.6. The van der Waals surface area contributed by atoms with Crippen molar-refractivity contribution >= 4 is 33.6 Å². The molecule has 0 saturated carbocycles. The number of nitrogens with two attached hydrogens (primary N) is 1. The zero-order chi connectivity index (χ0) is 12.0. The average Bonchev–Trinajstić information content (AvgIpc) is 2.29. The van der Waals surface area contributed by atoms with Crippen LogP contribution in [0, 0.1) is 17.5 Å². The molecule has 1 rings (SSSR count). The predicted molar refractivity (Wildman–Crippen MR) is 69.3 cm³/mol. The molecule has 0 spiro atoms. The van der Waals surface area contributed by atoms with Crippen molar-refractivity contribution in [3.8, 4) is 0 Å². The van der Waals surface area contributed by atoms with E-state index in [1.807, 2.05) is 0 Å². The van der Waals surface area contributed by atoms with Gasteiger partial charge in [0.1, 0.15) is 0 Å². The Hall–Kier alpha value is -0.0161. The van der Waals surface area contributed by atoms with E-state index in [0.29, 0.717) is 10.8 Å². The second kappa shape index (κ2) is 10.9. The molecule has 1 aromatic heterocycles. The monoisotopic (exact) mass is 362 g/mol. The Labute approximate surface area is 138 Å². The Morgan fingerprint density at radius 3 is 2.83 bits per heavy atom. The van der Waals surface area contributed by atoms with Crippen molar-refractivity contribution < 1.29 is 42.4 Å². The number of hydrogen-bond donors (Lipinski definition) is 1. The van der Waals surface area contributed by atoms with E-state index >= 15 is 0 Å². The molecule has 9 heteroatoms. The van der Waals surface area contributed by atoms with Gasteiger partial charge in [-0.05, 0) is 22.6 Å². The van der Waals surface area contributed by atoms with Crippen molar-refractivity contribution in [1.82, 2.24) is 4.98 Å². The molecule has 1 aromatic rings. The van der Waals surface area contributed by atoms with E-state index in [1.165, 1.54) is 29.1 Å². The summed E-state index contributed by atoms with van der Waals surface area (Å²) in [5, 5.41) is 10.9. The van der Waals surface area contributed by atoms with Gasteiger partial charge >= 0.3 is 5.69 Å². The maximum Gasteiger partial charge on any atom is 0.302 e. The van der Waals surface area contributed by atoms with Gasteiger partial charge in [-0.1, -0.05) is 16.8 Å². The summed E-state index contributed by atoms with van der Waals surface area (Å²) in [6, 6.07) is 2.19. The van der Waals surface area contributed by atoms with Crippen LogP contribution in [-0.2, 0) is 37.5 Å². The number of rotatable bonds is 6. The Balaban J connectivity index is 0. The van der Waals surface area contributed by atoms with Crippen LogP contribution in [0.2, 0.25) is 0 Å². The van der Waals surface area contributed by atoms with E-state index in [9.17, 15) is 14.9 Å². The normalized spacial score (nSPS) is 10.7. The second-order valence-corrected chi connectivity index (χ2v) is 5.01. The van der Waals surface area contributed by atoms with Crippen LogP contribution in [0.4, 0.5) is 5.69 Å². The number of hydrogen-bond acceptors (Lipinski definition) is 7. The van der Waals surface area contributed by atoms with Crippen molar-refractivity contribution in [2.24, 2.45) is 5.73 Å². The first kappa shape index (κ1) is 20.3. The molecule has 2 N–H and O–H groups in total. The van der Waals surface area contributed by atoms with Crippen molar-refractivity contribution in [2.45, 2.75) is 11.1 Å². The van der Waals surface area contributed by atoms with Gasteiger partial charge in [0.15, 0.2) is 5.03 Å². The van der Waals surface area contributed by atoms with E-state index in [2.05, 4.69) is 4.98 Å². The zero-order valence-electron chi connectivity index (χ0n) is 9.61. The van der Waals surface area contributed by atoms with Crippen LogP contribution >= 0.6 is 21.6 Å². The molecule has 18 heavy (non-hydrogen) atoms. The molecule has 0 aliphatic carbocycles. The summed E-state index contributed by atoms with van der Waals surface area (Å²) in [4.78, 5) is 24.1. The number of nitrogens with zero attached hydrogens (tertiary/aromatic N) is 2. The SMILES string of the molecule is NC([C-]=O)CSSc1ncccc1[N+](=O)[O-].[CH3-].[Y]. The van der Waals surface area contributed by atoms with Gasteiger partial charge < -0.3 is 18.0 Å². The van der Waals surface area contributed by atoms with Gasteiger partial charge in [-0.15, -0.1) is 0 Å². The van der Waals surface area contributed by atoms with E-state index < -0.39 is 11.0 Å². The Morgan fingerprint density at radius 2 is 2.28 bits per heavy atom. The molecule has 0 aromatic carbocycles. The molecular formula is C9H11N3O3S2Y-2. The molecular weight excluding hydrogens is 351 g/mol. The van der Waals surface area contributed by atoms with E-state index in [0.717, 1.165) is 10.8 Å². The number of carbonyl (C=O) groups excluding carboxylic acids is 1. The van der Waals surface area contributed by atoms with Crippen LogP contribution in [0.5, 0.6) is 0 Å². The quantitative estimate of drug-likeness (QED) is 0.355. The fraction of sp³-hybridized carbons (Fsp3) is 0.222.